The molecule has 1 N–H and O–H groups in total. The lowest BCUT2D eigenvalue weighted by Crippen LogP contribution is -2.41. The van der Waals surface area contributed by atoms with Gasteiger partial charge in [-0.1, -0.05) is 18.2 Å². The molecule has 0 aliphatic rings. The van der Waals surface area contributed by atoms with Crippen LogP contribution in [0.5, 0.6) is 11.5 Å². The summed E-state index contributed by atoms with van der Waals surface area (Å²) in [6, 6.07) is 15.3. The van der Waals surface area contributed by atoms with Crippen molar-refractivity contribution in [3.05, 3.63) is 82.4 Å². The molecule has 0 aliphatic heterocycles. The molecule has 192 valence electrons. The van der Waals surface area contributed by atoms with Crippen molar-refractivity contribution in [2.45, 2.75) is 45.6 Å². The zero-order valence-corrected chi connectivity index (χ0v) is 22.7. The molecule has 0 radical (unpaired) electrons. The Morgan fingerprint density at radius 1 is 0.889 bits per heavy atom. The number of nitrogens with zero attached hydrogens (tertiary/aromatic N) is 1. The van der Waals surface area contributed by atoms with Crippen LogP contribution in [0.4, 0.5) is 5.69 Å². The van der Waals surface area contributed by atoms with Gasteiger partial charge < -0.3 is 14.8 Å². The van der Waals surface area contributed by atoms with Gasteiger partial charge in [0, 0.05) is 0 Å². The van der Waals surface area contributed by atoms with Crippen LogP contribution in [0.25, 0.3) is 0 Å². The van der Waals surface area contributed by atoms with Gasteiger partial charge in [0.25, 0.3) is 10.0 Å². The summed E-state index contributed by atoms with van der Waals surface area (Å²) in [5, 5.41) is 2.97. The lowest BCUT2D eigenvalue weighted by molar-refractivity contribution is -0.120. The summed E-state index contributed by atoms with van der Waals surface area (Å²) in [5.74, 6) is 0.359. The summed E-state index contributed by atoms with van der Waals surface area (Å²) in [6.07, 6.45) is 0. The van der Waals surface area contributed by atoms with Crippen molar-refractivity contribution in [1.82, 2.24) is 5.32 Å². The van der Waals surface area contributed by atoms with Crippen LogP contribution in [-0.2, 0) is 14.8 Å². The van der Waals surface area contributed by atoms with Crippen LogP contribution >= 0.6 is 0 Å². The first-order valence-electron chi connectivity index (χ1n) is 11.7. The molecule has 7 nitrogen and oxygen atoms in total. The fraction of sp³-hybridized carbons (Fsp3) is 0.321. The van der Waals surface area contributed by atoms with E-state index in [0.717, 1.165) is 26.6 Å². The minimum atomic E-state index is -4.15. The summed E-state index contributed by atoms with van der Waals surface area (Å²) in [6.45, 7) is 9.37. The summed E-state index contributed by atoms with van der Waals surface area (Å²) in [4.78, 5) is 13.2. The van der Waals surface area contributed by atoms with Gasteiger partial charge >= 0.3 is 0 Å². The predicted octanol–water partition coefficient (Wildman–Crippen LogP) is 5.01. The van der Waals surface area contributed by atoms with E-state index in [-0.39, 0.29) is 16.7 Å². The highest BCUT2D eigenvalue weighted by Crippen LogP contribution is 2.32. The van der Waals surface area contributed by atoms with E-state index in [0.29, 0.717) is 11.4 Å². The maximum absolute atomic E-state index is 13.9. The third kappa shape index (κ3) is 5.82. The molecular formula is C28H34N2O5S. The van der Waals surface area contributed by atoms with Crippen molar-refractivity contribution in [3.63, 3.8) is 0 Å². The monoisotopic (exact) mass is 510 g/mol. The van der Waals surface area contributed by atoms with Crippen LogP contribution < -0.4 is 19.1 Å². The van der Waals surface area contributed by atoms with E-state index in [1.807, 2.05) is 27.7 Å². The maximum Gasteiger partial charge on any atom is 0.268 e. The molecule has 0 heterocycles. The highest BCUT2D eigenvalue weighted by molar-refractivity contribution is 7.93. The van der Waals surface area contributed by atoms with Crippen LogP contribution in [-0.4, -0.2) is 35.1 Å². The van der Waals surface area contributed by atoms with Crippen molar-refractivity contribution < 1.29 is 22.7 Å². The van der Waals surface area contributed by atoms with Gasteiger partial charge in [0.2, 0.25) is 5.91 Å². The van der Waals surface area contributed by atoms with E-state index in [9.17, 15) is 13.2 Å². The molecule has 3 aromatic rings. The van der Waals surface area contributed by atoms with Crippen molar-refractivity contribution in [1.29, 1.82) is 0 Å². The van der Waals surface area contributed by atoms with Crippen LogP contribution in [0.3, 0.4) is 0 Å². The highest BCUT2D eigenvalue weighted by Gasteiger charge is 2.30. The van der Waals surface area contributed by atoms with Gasteiger partial charge in [-0.2, -0.15) is 0 Å². The lowest BCUT2D eigenvalue weighted by Gasteiger charge is -2.26. The average molecular weight is 511 g/mol. The van der Waals surface area contributed by atoms with E-state index in [1.165, 1.54) is 19.8 Å². The SMILES string of the molecule is COc1ccc(N(CC(=O)N[C@H](C)c2cc(C)c(C)cc2C)S(=O)(=O)c2cc(C)ccc2OC)cc1. The molecule has 0 aliphatic carbocycles. The van der Waals surface area contributed by atoms with Crippen molar-refractivity contribution in [2.75, 3.05) is 25.1 Å². The molecule has 0 saturated heterocycles. The quantitative estimate of drug-likeness (QED) is 0.437. The van der Waals surface area contributed by atoms with Crippen molar-refractivity contribution >= 4 is 21.6 Å². The molecule has 0 aromatic heterocycles. The molecule has 3 rings (SSSR count). The third-order valence-corrected chi connectivity index (χ3v) is 8.06. The minimum Gasteiger partial charge on any atom is -0.497 e. The number of nitrogens with one attached hydrogen (secondary N) is 1. The third-order valence-electron chi connectivity index (χ3n) is 6.26. The Balaban J connectivity index is 1.98. The predicted molar refractivity (Wildman–Crippen MR) is 142 cm³/mol. The number of methoxy groups -OCH3 is 2. The molecule has 0 bridgehead atoms. The van der Waals surface area contributed by atoms with Gasteiger partial charge in [-0.3, -0.25) is 9.10 Å². The molecule has 0 fully saturated rings. The van der Waals surface area contributed by atoms with Crippen molar-refractivity contribution in [2.24, 2.45) is 0 Å². The van der Waals surface area contributed by atoms with E-state index < -0.39 is 22.5 Å². The Morgan fingerprint density at radius 3 is 2.14 bits per heavy atom. The fourth-order valence-corrected chi connectivity index (χ4v) is 5.78. The molecule has 0 saturated carbocycles. The fourth-order valence-electron chi connectivity index (χ4n) is 4.11. The lowest BCUT2D eigenvalue weighted by atomic mass is 9.96. The second-order valence-corrected chi connectivity index (χ2v) is 10.8. The standard InChI is InChI=1S/C28H34N2O5S/c1-18-8-13-26(35-7)27(14-18)36(32,33)30(23-9-11-24(34-6)12-10-23)17-28(31)29-22(5)25-16-20(3)19(2)15-21(25)4/h8-16,22H,17H2,1-7H3,(H,29,31)/t22-/m1/s1. The Labute approximate surface area is 214 Å². The topological polar surface area (TPSA) is 84.9 Å². The second-order valence-electron chi connectivity index (χ2n) is 8.95. The number of benzene rings is 3. The van der Waals surface area contributed by atoms with Gasteiger partial charge in [-0.25, -0.2) is 8.42 Å². The number of amides is 1. The first-order valence-corrected chi connectivity index (χ1v) is 13.1. The Bertz CT molecular complexity index is 1350. The number of carbonyl (C=O) groups excluding carboxylic acids is 1. The molecule has 1 amide bonds. The van der Waals surface area contributed by atoms with E-state index >= 15 is 0 Å². The Morgan fingerprint density at radius 2 is 1.53 bits per heavy atom. The van der Waals surface area contributed by atoms with Gasteiger partial charge in [-0.15, -0.1) is 0 Å². The van der Waals surface area contributed by atoms with Crippen LogP contribution in [0, 0.1) is 27.7 Å². The van der Waals surface area contributed by atoms with Crippen LogP contribution in [0.1, 0.15) is 40.8 Å². The van der Waals surface area contributed by atoms with E-state index in [4.69, 9.17) is 9.47 Å². The molecule has 36 heavy (non-hydrogen) atoms. The van der Waals surface area contributed by atoms with Gasteiger partial charge in [0.15, 0.2) is 0 Å². The summed E-state index contributed by atoms with van der Waals surface area (Å²) in [5.41, 5.74) is 5.46. The molecule has 0 spiro atoms. The number of sulfonamides is 1. The highest BCUT2D eigenvalue weighted by atomic mass is 32.2. The zero-order chi connectivity index (χ0) is 26.6. The summed E-state index contributed by atoms with van der Waals surface area (Å²) >= 11 is 0. The van der Waals surface area contributed by atoms with Crippen LogP contribution in [0.15, 0.2) is 59.5 Å². The molecule has 1 atom stereocenters. The molecule has 0 unspecified atom stereocenters. The van der Waals surface area contributed by atoms with Gasteiger partial charge in [0.1, 0.15) is 22.9 Å². The number of rotatable bonds is 9. The first-order chi connectivity index (χ1) is 17.0. The Hall–Kier alpha value is -3.52. The summed E-state index contributed by atoms with van der Waals surface area (Å²) in [7, 11) is -1.20. The number of carbonyl (C=O) groups is 1. The minimum absolute atomic E-state index is 0.00771. The average Bonchev–Trinajstić information content (AvgIpc) is 2.84. The first kappa shape index (κ1) is 27.1. The molecule has 3 aromatic carbocycles. The van der Waals surface area contributed by atoms with Gasteiger partial charge in [-0.05, 0) is 98.8 Å². The van der Waals surface area contributed by atoms with Gasteiger partial charge in [0.05, 0.1) is 25.9 Å². The number of hydrogen-bond acceptors (Lipinski definition) is 5. The normalized spacial score (nSPS) is 12.1. The van der Waals surface area contributed by atoms with E-state index in [2.05, 4.69) is 17.4 Å². The largest absolute Gasteiger partial charge is 0.497 e. The number of anilines is 1. The zero-order valence-electron chi connectivity index (χ0n) is 21.9. The smallest absolute Gasteiger partial charge is 0.268 e. The maximum atomic E-state index is 13.9. The van der Waals surface area contributed by atoms with Crippen molar-refractivity contribution in [3.8, 4) is 11.5 Å². The number of hydrogen-bond donors (Lipinski definition) is 1. The number of aryl methyl sites for hydroxylation is 4. The Kier molecular flexibility index (Phi) is 8.30. The second kappa shape index (κ2) is 11.0. The molecular weight excluding hydrogens is 476 g/mol. The molecule has 8 heteroatoms. The van der Waals surface area contributed by atoms with Crippen LogP contribution in [0.2, 0.25) is 0 Å². The summed E-state index contributed by atoms with van der Waals surface area (Å²) < 4.78 is 39.4. The van der Waals surface area contributed by atoms with E-state index in [1.54, 1.807) is 49.4 Å². The number of ether oxygens (including phenoxy) is 2.